The van der Waals surface area contributed by atoms with Gasteiger partial charge in [-0.15, -0.1) is 0 Å². The second-order valence-electron chi connectivity index (χ2n) is 12.6. The molecule has 0 saturated heterocycles. The normalized spacial score (nSPS) is 39.9. The number of carbonyl (C=O) groups is 1. The van der Waals surface area contributed by atoms with Crippen LogP contribution in [0, 0.1) is 46.3 Å². The van der Waals surface area contributed by atoms with Gasteiger partial charge in [-0.2, -0.15) is 0 Å². The zero-order valence-electron chi connectivity index (χ0n) is 22.3. The van der Waals surface area contributed by atoms with Crippen LogP contribution < -0.4 is 0 Å². The molecule has 0 N–H and O–H groups in total. The fourth-order valence-electron chi connectivity index (χ4n) is 8.49. The zero-order valence-corrected chi connectivity index (χ0v) is 22.3. The molecule has 0 aromatic heterocycles. The topological polar surface area (TPSA) is 26.3 Å². The molecule has 2 heteroatoms. The summed E-state index contributed by atoms with van der Waals surface area (Å²) in [4.78, 5) is 11.5. The molecule has 0 aliphatic heterocycles. The van der Waals surface area contributed by atoms with Gasteiger partial charge in [-0.25, -0.2) is 0 Å². The Balaban J connectivity index is 1.53. The van der Waals surface area contributed by atoms with Gasteiger partial charge in [0.2, 0.25) is 0 Å². The highest BCUT2D eigenvalue weighted by Crippen LogP contribution is 2.66. The number of carbonyl (C=O) groups excluding carboxylic acids is 1. The van der Waals surface area contributed by atoms with Crippen LogP contribution in [0.1, 0.15) is 99.8 Å². The highest BCUT2D eigenvalue weighted by molar-refractivity contribution is 5.66. The largest absolute Gasteiger partial charge is 0.462 e. The van der Waals surface area contributed by atoms with E-state index in [-0.39, 0.29) is 17.5 Å². The molecule has 0 spiro atoms. The van der Waals surface area contributed by atoms with Crippen molar-refractivity contribution < 1.29 is 9.53 Å². The van der Waals surface area contributed by atoms with Gasteiger partial charge in [-0.1, -0.05) is 77.0 Å². The lowest BCUT2D eigenvalue weighted by Gasteiger charge is -2.55. The maximum atomic E-state index is 11.5. The first-order valence-corrected chi connectivity index (χ1v) is 13.9. The van der Waals surface area contributed by atoms with E-state index in [1.165, 1.54) is 37.7 Å². The molecule has 8 atom stereocenters. The van der Waals surface area contributed by atoms with E-state index in [1.807, 2.05) is 0 Å². The molecule has 0 amide bonds. The molecule has 0 aromatic carbocycles. The van der Waals surface area contributed by atoms with Crippen molar-refractivity contribution in [3.63, 3.8) is 0 Å². The minimum atomic E-state index is -0.136. The van der Waals surface area contributed by atoms with Crippen LogP contribution in [-0.4, -0.2) is 12.1 Å². The Morgan fingerprint density at radius 1 is 1.06 bits per heavy atom. The summed E-state index contributed by atoms with van der Waals surface area (Å²) in [6.45, 7) is 16.2. The first-order chi connectivity index (χ1) is 15.6. The molecular formula is C31H48O2. The molecule has 3 saturated carbocycles. The maximum Gasteiger partial charge on any atom is 0.302 e. The predicted molar refractivity (Wildman–Crippen MR) is 138 cm³/mol. The minimum Gasteiger partial charge on any atom is -0.462 e. The first kappa shape index (κ1) is 24.8. The van der Waals surface area contributed by atoms with E-state index in [4.69, 9.17) is 4.74 Å². The quantitative estimate of drug-likeness (QED) is 0.299. The number of hydrogen-bond donors (Lipinski definition) is 0. The van der Waals surface area contributed by atoms with Gasteiger partial charge in [-0.05, 0) is 91.3 Å². The van der Waals surface area contributed by atoms with E-state index in [0.717, 1.165) is 37.0 Å². The maximum absolute atomic E-state index is 11.5. The number of rotatable bonds is 6. The molecule has 0 bridgehead atoms. The minimum absolute atomic E-state index is 0.0758. The lowest BCUT2D eigenvalue weighted by Crippen LogP contribution is -2.46. The lowest BCUT2D eigenvalue weighted by atomic mass is 9.50. The monoisotopic (exact) mass is 452 g/mol. The molecule has 0 unspecified atom stereocenters. The van der Waals surface area contributed by atoms with Crippen LogP contribution in [0.25, 0.3) is 0 Å². The van der Waals surface area contributed by atoms with Crippen molar-refractivity contribution in [3.8, 4) is 0 Å². The molecule has 33 heavy (non-hydrogen) atoms. The Kier molecular flexibility index (Phi) is 7.05. The molecule has 3 fully saturated rings. The van der Waals surface area contributed by atoms with Crippen LogP contribution in [0.15, 0.2) is 35.5 Å². The lowest BCUT2D eigenvalue weighted by molar-refractivity contribution is -0.148. The Morgan fingerprint density at radius 3 is 2.48 bits per heavy atom. The fraction of sp³-hybridized carbons (Fsp3) is 0.774. The Bertz CT molecular complexity index is 832. The van der Waals surface area contributed by atoms with Crippen molar-refractivity contribution in [2.45, 2.75) is 106 Å². The second-order valence-corrected chi connectivity index (χ2v) is 12.6. The fourth-order valence-corrected chi connectivity index (χ4v) is 8.49. The SMILES string of the molecule is CC[C@H](/C=C/[C@H](C)[C@@H]1CC[C@@H]2C3=CC=C4C[C@H](OC(C)=O)CC[C@]4(C)[C@H]3CC[C@]21C)C(C)C. The highest BCUT2D eigenvalue weighted by atomic mass is 16.5. The molecule has 4 aliphatic rings. The summed E-state index contributed by atoms with van der Waals surface area (Å²) in [5.41, 5.74) is 3.98. The third-order valence-corrected chi connectivity index (χ3v) is 10.6. The Morgan fingerprint density at radius 2 is 1.82 bits per heavy atom. The van der Waals surface area contributed by atoms with Gasteiger partial charge in [0, 0.05) is 13.3 Å². The summed E-state index contributed by atoms with van der Waals surface area (Å²) in [6.07, 6.45) is 19.9. The molecule has 0 radical (unpaired) electrons. The molecule has 0 heterocycles. The van der Waals surface area contributed by atoms with Crippen LogP contribution in [0.5, 0.6) is 0 Å². The van der Waals surface area contributed by atoms with Crippen molar-refractivity contribution in [2.24, 2.45) is 46.3 Å². The average Bonchev–Trinajstić information content (AvgIpc) is 3.11. The second kappa shape index (κ2) is 9.38. The summed E-state index contributed by atoms with van der Waals surface area (Å²) in [5, 5.41) is 0. The van der Waals surface area contributed by atoms with Crippen LogP contribution in [0.4, 0.5) is 0 Å². The third-order valence-electron chi connectivity index (χ3n) is 10.6. The standard InChI is InChI=1S/C31H48O2/c1-8-23(20(2)3)10-9-21(4)27-13-14-28-26-12-11-24-19-25(33-22(5)32)15-17-30(24,6)29(26)16-18-31(27,28)7/h9-12,20-21,23,25,27-29H,8,13-19H2,1-7H3/b10-9+/t21-,23+,25+,27-,28+,29-,30-,31-/m0/s1. The van der Waals surface area contributed by atoms with E-state index in [0.29, 0.717) is 23.2 Å². The van der Waals surface area contributed by atoms with Gasteiger partial charge in [0.15, 0.2) is 0 Å². The molecule has 4 rings (SSSR count). The summed E-state index contributed by atoms with van der Waals surface area (Å²) in [6, 6.07) is 0. The van der Waals surface area contributed by atoms with E-state index in [1.54, 1.807) is 12.5 Å². The van der Waals surface area contributed by atoms with Gasteiger partial charge in [-0.3, -0.25) is 4.79 Å². The van der Waals surface area contributed by atoms with Crippen LogP contribution in [0.2, 0.25) is 0 Å². The highest BCUT2D eigenvalue weighted by Gasteiger charge is 2.56. The van der Waals surface area contributed by atoms with Crippen LogP contribution >= 0.6 is 0 Å². The van der Waals surface area contributed by atoms with Crippen molar-refractivity contribution in [1.29, 1.82) is 0 Å². The smallest absolute Gasteiger partial charge is 0.302 e. The van der Waals surface area contributed by atoms with Gasteiger partial charge in [0.05, 0.1) is 0 Å². The number of ether oxygens (including phenoxy) is 1. The Labute approximate surface area is 203 Å². The predicted octanol–water partition coefficient (Wildman–Crippen LogP) is 8.29. The number of hydrogen-bond acceptors (Lipinski definition) is 2. The van der Waals surface area contributed by atoms with Crippen LogP contribution in [-0.2, 0) is 9.53 Å². The van der Waals surface area contributed by atoms with Gasteiger partial charge in [0.1, 0.15) is 6.10 Å². The number of esters is 1. The molecule has 184 valence electrons. The number of allylic oxidation sites excluding steroid dienone is 5. The Hall–Kier alpha value is -1.31. The first-order valence-electron chi connectivity index (χ1n) is 13.9. The van der Waals surface area contributed by atoms with Crippen molar-refractivity contribution in [3.05, 3.63) is 35.5 Å². The number of fused-ring (bicyclic) bond motifs is 5. The van der Waals surface area contributed by atoms with E-state index < -0.39 is 0 Å². The average molecular weight is 453 g/mol. The summed E-state index contributed by atoms with van der Waals surface area (Å²) in [7, 11) is 0. The molecule has 0 aromatic rings. The molecule has 4 aliphatic carbocycles. The van der Waals surface area contributed by atoms with E-state index in [2.05, 4.69) is 65.8 Å². The van der Waals surface area contributed by atoms with E-state index in [9.17, 15) is 4.79 Å². The summed E-state index contributed by atoms with van der Waals surface area (Å²) >= 11 is 0. The summed E-state index contributed by atoms with van der Waals surface area (Å²) in [5.74, 6) is 4.18. The van der Waals surface area contributed by atoms with Crippen molar-refractivity contribution >= 4 is 5.97 Å². The van der Waals surface area contributed by atoms with Gasteiger partial charge in [0.25, 0.3) is 0 Å². The zero-order chi connectivity index (χ0) is 24.0. The summed E-state index contributed by atoms with van der Waals surface area (Å²) < 4.78 is 5.60. The van der Waals surface area contributed by atoms with Crippen LogP contribution in [0.3, 0.4) is 0 Å². The molecular weight excluding hydrogens is 404 g/mol. The van der Waals surface area contributed by atoms with Crippen molar-refractivity contribution in [2.75, 3.05) is 0 Å². The molecule has 2 nitrogen and oxygen atoms in total. The van der Waals surface area contributed by atoms with Gasteiger partial charge >= 0.3 is 5.97 Å². The van der Waals surface area contributed by atoms with Gasteiger partial charge < -0.3 is 4.74 Å². The van der Waals surface area contributed by atoms with E-state index >= 15 is 0 Å². The van der Waals surface area contributed by atoms with Crippen molar-refractivity contribution in [1.82, 2.24) is 0 Å². The third kappa shape index (κ3) is 4.41.